The van der Waals surface area contributed by atoms with Crippen molar-refractivity contribution in [2.75, 3.05) is 5.75 Å². The van der Waals surface area contributed by atoms with E-state index in [0.29, 0.717) is 11.3 Å². The van der Waals surface area contributed by atoms with Crippen LogP contribution in [0.3, 0.4) is 0 Å². The van der Waals surface area contributed by atoms with Crippen molar-refractivity contribution in [3.63, 3.8) is 0 Å². The zero-order chi connectivity index (χ0) is 10.7. The smallest absolute Gasteiger partial charge is 0.0674 e. The van der Waals surface area contributed by atoms with Crippen molar-refractivity contribution in [1.29, 1.82) is 0 Å². The molecule has 1 fully saturated rings. The van der Waals surface area contributed by atoms with Crippen LogP contribution in [0.4, 0.5) is 0 Å². The first-order valence-corrected chi connectivity index (χ1v) is 7.37. The van der Waals surface area contributed by atoms with E-state index in [-0.39, 0.29) is 0 Å². The fraction of sp³-hybridized carbons (Fsp3) is 0.636. The molecule has 0 saturated carbocycles. The second kappa shape index (κ2) is 5.34. The van der Waals surface area contributed by atoms with E-state index in [0.717, 1.165) is 0 Å². The molecule has 2 atom stereocenters. The van der Waals surface area contributed by atoms with Crippen molar-refractivity contribution >= 4 is 23.1 Å². The van der Waals surface area contributed by atoms with Gasteiger partial charge < -0.3 is 0 Å². The maximum Gasteiger partial charge on any atom is 0.0674 e. The second-order valence-electron chi connectivity index (χ2n) is 4.02. The van der Waals surface area contributed by atoms with E-state index in [9.17, 15) is 0 Å². The van der Waals surface area contributed by atoms with Crippen LogP contribution >= 0.6 is 23.1 Å². The minimum atomic E-state index is 0.343. The molecule has 1 aromatic rings. The van der Waals surface area contributed by atoms with Gasteiger partial charge in [0.05, 0.1) is 6.04 Å². The molecule has 1 aliphatic heterocycles. The summed E-state index contributed by atoms with van der Waals surface area (Å²) in [5, 5.41) is 2.81. The van der Waals surface area contributed by atoms with Crippen molar-refractivity contribution in [3.05, 3.63) is 21.9 Å². The van der Waals surface area contributed by atoms with Gasteiger partial charge in [-0.2, -0.15) is 11.8 Å². The van der Waals surface area contributed by atoms with Gasteiger partial charge in [-0.3, -0.25) is 11.3 Å². The van der Waals surface area contributed by atoms with Gasteiger partial charge in [0.15, 0.2) is 0 Å². The maximum absolute atomic E-state index is 5.71. The number of rotatable bonds is 3. The number of hydrogen-bond donors (Lipinski definition) is 2. The third-order valence-electron chi connectivity index (χ3n) is 2.95. The molecule has 4 heteroatoms. The van der Waals surface area contributed by atoms with Crippen LogP contribution in [-0.4, -0.2) is 11.0 Å². The van der Waals surface area contributed by atoms with Gasteiger partial charge in [0.25, 0.3) is 0 Å². The van der Waals surface area contributed by atoms with Crippen LogP contribution in [0.5, 0.6) is 0 Å². The molecule has 2 nitrogen and oxygen atoms in total. The lowest BCUT2D eigenvalue weighted by Gasteiger charge is -2.29. The molecule has 2 heterocycles. The largest absolute Gasteiger partial charge is 0.271 e. The highest BCUT2D eigenvalue weighted by atomic mass is 32.2. The van der Waals surface area contributed by atoms with Crippen LogP contribution in [0.25, 0.3) is 0 Å². The third kappa shape index (κ3) is 2.56. The number of aryl methyl sites for hydroxylation is 1. The molecule has 15 heavy (non-hydrogen) atoms. The van der Waals surface area contributed by atoms with Crippen LogP contribution in [0, 0.1) is 6.92 Å². The minimum absolute atomic E-state index is 0.343. The van der Waals surface area contributed by atoms with E-state index < -0.39 is 0 Å². The number of nitrogens with two attached hydrogens (primary N) is 1. The molecule has 3 N–H and O–H groups in total. The zero-order valence-electron chi connectivity index (χ0n) is 9.03. The quantitative estimate of drug-likeness (QED) is 0.632. The van der Waals surface area contributed by atoms with Gasteiger partial charge in [-0.1, -0.05) is 6.42 Å². The molecule has 1 saturated heterocycles. The molecular formula is C11H18N2S2. The second-order valence-corrected chi connectivity index (χ2v) is 6.31. The van der Waals surface area contributed by atoms with Crippen molar-refractivity contribution in [2.24, 2.45) is 5.84 Å². The monoisotopic (exact) mass is 242 g/mol. The molecule has 1 aromatic heterocycles. The number of hydrogen-bond acceptors (Lipinski definition) is 4. The SMILES string of the molecule is Cc1ccsc1C(NN)C1CCCCS1. The van der Waals surface area contributed by atoms with Gasteiger partial charge in [0.2, 0.25) is 0 Å². The Labute approximate surface area is 99.6 Å². The fourth-order valence-corrected chi connectivity index (χ4v) is 4.64. The molecule has 0 aliphatic carbocycles. The van der Waals surface area contributed by atoms with Crippen LogP contribution < -0.4 is 11.3 Å². The lowest BCUT2D eigenvalue weighted by Crippen LogP contribution is -2.36. The Morgan fingerprint density at radius 2 is 2.40 bits per heavy atom. The van der Waals surface area contributed by atoms with Gasteiger partial charge in [0.1, 0.15) is 0 Å². The standard InChI is InChI=1S/C11H18N2S2/c1-8-5-7-15-11(8)10(13-12)9-4-2-3-6-14-9/h5,7,9-10,13H,2-4,6,12H2,1H3. The summed E-state index contributed by atoms with van der Waals surface area (Å²) in [4.78, 5) is 1.41. The summed E-state index contributed by atoms with van der Waals surface area (Å²) >= 11 is 3.89. The van der Waals surface area contributed by atoms with E-state index in [1.54, 1.807) is 0 Å². The van der Waals surface area contributed by atoms with Crippen LogP contribution in [0.2, 0.25) is 0 Å². The Hall–Kier alpha value is -0.0300. The number of thioether (sulfide) groups is 1. The van der Waals surface area contributed by atoms with Gasteiger partial charge >= 0.3 is 0 Å². The van der Waals surface area contributed by atoms with Crippen LogP contribution in [0.1, 0.15) is 35.7 Å². The first-order chi connectivity index (χ1) is 7.33. The Bertz CT molecular complexity index is 305. The third-order valence-corrected chi connectivity index (χ3v) is 5.51. The molecule has 1 aliphatic rings. The Morgan fingerprint density at radius 1 is 1.53 bits per heavy atom. The van der Waals surface area contributed by atoms with Crippen LogP contribution in [-0.2, 0) is 0 Å². The molecule has 0 aromatic carbocycles. The predicted molar refractivity (Wildman–Crippen MR) is 69.2 cm³/mol. The lowest BCUT2D eigenvalue weighted by molar-refractivity contribution is 0.496. The summed E-state index contributed by atoms with van der Waals surface area (Å²) in [5.74, 6) is 6.99. The summed E-state index contributed by atoms with van der Waals surface area (Å²) in [5.41, 5.74) is 4.37. The minimum Gasteiger partial charge on any atom is -0.271 e. The molecule has 0 amide bonds. The Morgan fingerprint density at radius 3 is 2.93 bits per heavy atom. The predicted octanol–water partition coefficient (Wildman–Crippen LogP) is 2.85. The molecule has 84 valence electrons. The highest BCUT2D eigenvalue weighted by molar-refractivity contribution is 8.00. The number of hydrazine groups is 1. The summed E-state index contributed by atoms with van der Waals surface area (Å²) in [7, 11) is 0. The number of nitrogens with one attached hydrogen (secondary N) is 1. The van der Waals surface area contributed by atoms with E-state index in [1.807, 2.05) is 11.3 Å². The first kappa shape index (κ1) is 11.5. The van der Waals surface area contributed by atoms with Crippen molar-refractivity contribution < 1.29 is 0 Å². The van der Waals surface area contributed by atoms with Crippen LogP contribution in [0.15, 0.2) is 11.4 Å². The van der Waals surface area contributed by atoms with E-state index in [1.165, 1.54) is 35.5 Å². The van der Waals surface area contributed by atoms with E-state index >= 15 is 0 Å². The fourth-order valence-electron chi connectivity index (χ4n) is 2.08. The molecule has 0 bridgehead atoms. The van der Waals surface area contributed by atoms with Gasteiger partial charge in [-0.15, -0.1) is 11.3 Å². The number of thiophene rings is 1. The van der Waals surface area contributed by atoms with Gasteiger partial charge in [-0.05, 0) is 42.5 Å². The summed E-state index contributed by atoms with van der Waals surface area (Å²) in [6.45, 7) is 2.17. The van der Waals surface area contributed by atoms with E-state index in [4.69, 9.17) is 5.84 Å². The average molecular weight is 242 g/mol. The van der Waals surface area contributed by atoms with Crippen molar-refractivity contribution in [3.8, 4) is 0 Å². The molecule has 0 spiro atoms. The lowest BCUT2D eigenvalue weighted by atomic mass is 10.0. The first-order valence-electron chi connectivity index (χ1n) is 5.44. The maximum atomic E-state index is 5.71. The van der Waals surface area contributed by atoms with E-state index in [2.05, 4.69) is 35.6 Å². The van der Waals surface area contributed by atoms with Gasteiger partial charge in [-0.25, -0.2) is 0 Å². The molecule has 2 unspecified atom stereocenters. The summed E-state index contributed by atoms with van der Waals surface area (Å²) in [6.07, 6.45) is 4.00. The van der Waals surface area contributed by atoms with Crippen molar-refractivity contribution in [1.82, 2.24) is 5.43 Å². The van der Waals surface area contributed by atoms with Crippen molar-refractivity contribution in [2.45, 2.75) is 37.5 Å². The average Bonchev–Trinajstić information content (AvgIpc) is 2.68. The topological polar surface area (TPSA) is 38.0 Å². The summed E-state index contributed by atoms with van der Waals surface area (Å²) in [6, 6.07) is 2.52. The molecule has 0 radical (unpaired) electrons. The Balaban J connectivity index is 2.12. The molecule has 2 rings (SSSR count). The molecular weight excluding hydrogens is 224 g/mol. The summed E-state index contributed by atoms with van der Waals surface area (Å²) < 4.78 is 0. The Kier molecular flexibility index (Phi) is 4.08. The highest BCUT2D eigenvalue weighted by Crippen LogP contribution is 2.37. The zero-order valence-corrected chi connectivity index (χ0v) is 10.7. The van der Waals surface area contributed by atoms with Gasteiger partial charge in [0, 0.05) is 10.1 Å². The normalized spacial score (nSPS) is 24.0. The highest BCUT2D eigenvalue weighted by Gasteiger charge is 2.26.